The van der Waals surface area contributed by atoms with Gasteiger partial charge in [0.05, 0.1) is 10.0 Å². The third kappa shape index (κ3) is 3.56. The van der Waals surface area contributed by atoms with E-state index >= 15 is 0 Å². The summed E-state index contributed by atoms with van der Waals surface area (Å²) in [7, 11) is 0. The molecule has 0 fully saturated rings. The minimum Gasteiger partial charge on any atom is -0.434 e. The number of aromatic amines is 1. The van der Waals surface area contributed by atoms with Crippen LogP contribution in [0.25, 0.3) is 0 Å². The van der Waals surface area contributed by atoms with E-state index in [0.29, 0.717) is 15.6 Å². The van der Waals surface area contributed by atoms with E-state index in [4.69, 9.17) is 33.0 Å². The van der Waals surface area contributed by atoms with Crippen LogP contribution in [0, 0.1) is 6.92 Å². The molecule has 7 heteroatoms. The van der Waals surface area contributed by atoms with Crippen molar-refractivity contribution in [1.82, 2.24) is 10.2 Å². The van der Waals surface area contributed by atoms with Gasteiger partial charge in [-0.05, 0) is 24.6 Å². The molecule has 0 saturated heterocycles. The van der Waals surface area contributed by atoms with Crippen LogP contribution < -0.4 is 10.3 Å². The highest BCUT2D eigenvalue weighted by atomic mass is 35.5. The Balaban J connectivity index is 2.39. The molecule has 0 bridgehead atoms. The highest BCUT2D eigenvalue weighted by molar-refractivity contribution is 6.37. The van der Waals surface area contributed by atoms with E-state index < -0.39 is 0 Å². The van der Waals surface area contributed by atoms with Gasteiger partial charge < -0.3 is 9.84 Å². The number of nitrogens with zero attached hydrogens (tertiary/aromatic N) is 1. The van der Waals surface area contributed by atoms with Crippen LogP contribution >= 0.6 is 23.2 Å². The van der Waals surface area contributed by atoms with E-state index in [-0.39, 0.29) is 29.7 Å². The monoisotopic (exact) mass is 328 g/mol. The maximum Gasteiger partial charge on any atom is 0.267 e. The summed E-state index contributed by atoms with van der Waals surface area (Å²) < 4.78 is 5.56. The maximum absolute atomic E-state index is 11.7. The molecule has 0 amide bonds. The van der Waals surface area contributed by atoms with Gasteiger partial charge in [-0.25, -0.2) is 5.10 Å². The Kier molecular flexibility index (Phi) is 4.88. The zero-order chi connectivity index (χ0) is 15.6. The van der Waals surface area contributed by atoms with E-state index in [1.54, 1.807) is 19.1 Å². The molecule has 0 saturated carbocycles. The van der Waals surface area contributed by atoms with Gasteiger partial charge in [0.25, 0.3) is 5.56 Å². The summed E-state index contributed by atoms with van der Waals surface area (Å²) in [6.45, 7) is 3.43. The van der Waals surface area contributed by atoms with Crippen LogP contribution in [-0.2, 0) is 0 Å². The lowest BCUT2D eigenvalue weighted by Gasteiger charge is -2.11. The summed E-state index contributed by atoms with van der Waals surface area (Å²) in [4.78, 5) is 11.7. The second-order valence-corrected chi connectivity index (χ2v) is 5.55. The number of H-pyrrole nitrogens is 1. The van der Waals surface area contributed by atoms with Gasteiger partial charge >= 0.3 is 0 Å². The molecule has 2 N–H and O–H groups in total. The minimum absolute atomic E-state index is 0.151. The van der Waals surface area contributed by atoms with Gasteiger partial charge in [0.1, 0.15) is 0 Å². The lowest BCUT2D eigenvalue weighted by Crippen LogP contribution is -2.18. The van der Waals surface area contributed by atoms with E-state index in [9.17, 15) is 4.79 Å². The second-order valence-electron chi connectivity index (χ2n) is 4.73. The highest BCUT2D eigenvalue weighted by Crippen LogP contribution is 2.36. The van der Waals surface area contributed by atoms with Crippen LogP contribution in [0.1, 0.15) is 24.0 Å². The Labute approximate surface area is 131 Å². The van der Waals surface area contributed by atoms with Crippen molar-refractivity contribution in [3.8, 4) is 11.6 Å². The van der Waals surface area contributed by atoms with E-state index in [2.05, 4.69) is 10.2 Å². The third-order valence-electron chi connectivity index (χ3n) is 2.96. The molecule has 2 rings (SSSR count). The van der Waals surface area contributed by atoms with Gasteiger partial charge in [-0.15, -0.1) is 5.10 Å². The number of hydrogen-bond acceptors (Lipinski definition) is 4. The van der Waals surface area contributed by atoms with Gasteiger partial charge in [-0.2, -0.15) is 0 Å². The number of aryl methyl sites for hydroxylation is 1. The third-order valence-corrected chi connectivity index (χ3v) is 3.52. The Bertz CT molecular complexity index is 693. The normalized spacial score (nSPS) is 12.2. The Morgan fingerprint density at radius 3 is 2.52 bits per heavy atom. The molecule has 1 atom stereocenters. The number of halogens is 2. The molecule has 5 nitrogen and oxygen atoms in total. The van der Waals surface area contributed by atoms with Crippen LogP contribution in [0.3, 0.4) is 0 Å². The molecule has 0 radical (unpaired) electrons. The number of nitrogens with one attached hydrogen (secondary N) is 1. The lowest BCUT2D eigenvalue weighted by molar-refractivity contribution is 0.272. The zero-order valence-corrected chi connectivity index (χ0v) is 13.0. The topological polar surface area (TPSA) is 75.2 Å². The SMILES string of the molecule is Cc1cc(Cl)c(Oc2cc(C(C)CO)c(=O)[nH]n2)c(Cl)c1. The summed E-state index contributed by atoms with van der Waals surface area (Å²) in [6, 6.07) is 4.89. The van der Waals surface area contributed by atoms with Crippen LogP contribution in [-0.4, -0.2) is 21.9 Å². The molecule has 1 heterocycles. The summed E-state index contributed by atoms with van der Waals surface area (Å²) >= 11 is 12.2. The van der Waals surface area contributed by atoms with Crippen molar-refractivity contribution in [2.75, 3.05) is 6.61 Å². The van der Waals surface area contributed by atoms with Crippen molar-refractivity contribution >= 4 is 23.2 Å². The van der Waals surface area contributed by atoms with Gasteiger partial charge in [-0.1, -0.05) is 30.1 Å². The van der Waals surface area contributed by atoms with E-state index in [0.717, 1.165) is 5.56 Å². The predicted octanol–water partition coefficient (Wildman–Crippen LogP) is 3.27. The number of rotatable bonds is 4. The van der Waals surface area contributed by atoms with Crippen molar-refractivity contribution in [3.05, 3.63) is 49.7 Å². The zero-order valence-electron chi connectivity index (χ0n) is 11.5. The fourth-order valence-electron chi connectivity index (χ4n) is 1.81. The highest BCUT2D eigenvalue weighted by Gasteiger charge is 2.14. The average molecular weight is 329 g/mol. The molecular formula is C14H14Cl2N2O3. The molecule has 0 aliphatic carbocycles. The molecule has 1 unspecified atom stereocenters. The van der Waals surface area contributed by atoms with Gasteiger partial charge in [0.2, 0.25) is 5.88 Å². The first-order chi connectivity index (χ1) is 9.92. The number of benzene rings is 1. The summed E-state index contributed by atoms with van der Waals surface area (Å²) in [6.07, 6.45) is 0. The van der Waals surface area contributed by atoms with Gasteiger partial charge in [-0.3, -0.25) is 4.79 Å². The first-order valence-electron chi connectivity index (χ1n) is 6.26. The fourth-order valence-corrected chi connectivity index (χ4v) is 2.48. The molecule has 0 spiro atoms. The van der Waals surface area contributed by atoms with Gasteiger partial charge in [0.15, 0.2) is 5.75 Å². The summed E-state index contributed by atoms with van der Waals surface area (Å²) in [5.74, 6) is 0.0895. The predicted molar refractivity (Wildman–Crippen MR) is 81.6 cm³/mol. The number of aliphatic hydroxyl groups is 1. The lowest BCUT2D eigenvalue weighted by atomic mass is 10.1. The first kappa shape index (κ1) is 15.8. The molecule has 0 aliphatic heterocycles. The van der Waals surface area contributed by atoms with Crippen LogP contribution in [0.15, 0.2) is 23.0 Å². The Morgan fingerprint density at radius 2 is 1.95 bits per heavy atom. The number of aromatic nitrogens is 2. The molecule has 1 aromatic carbocycles. The molecule has 21 heavy (non-hydrogen) atoms. The number of ether oxygens (including phenoxy) is 1. The number of aliphatic hydroxyl groups excluding tert-OH is 1. The summed E-state index contributed by atoms with van der Waals surface area (Å²) in [5, 5.41) is 16.0. The fraction of sp³-hybridized carbons (Fsp3) is 0.286. The van der Waals surface area contributed by atoms with Crippen LogP contribution in [0.2, 0.25) is 10.0 Å². The molecular weight excluding hydrogens is 315 g/mol. The smallest absolute Gasteiger partial charge is 0.267 e. The second kappa shape index (κ2) is 6.47. The van der Waals surface area contributed by atoms with E-state index in [1.165, 1.54) is 6.07 Å². The van der Waals surface area contributed by atoms with Crippen LogP contribution in [0.5, 0.6) is 11.6 Å². The van der Waals surface area contributed by atoms with Crippen molar-refractivity contribution in [1.29, 1.82) is 0 Å². The average Bonchev–Trinajstić information content (AvgIpc) is 2.43. The standard InChI is InChI=1S/C14H14Cl2N2O3/c1-7-3-10(15)13(11(16)4-7)21-12-5-9(8(2)6-19)14(20)18-17-12/h3-5,8,19H,6H2,1-2H3,(H,18,20). The maximum atomic E-state index is 11.7. The molecule has 1 aromatic heterocycles. The van der Waals surface area contributed by atoms with Gasteiger partial charge in [0, 0.05) is 24.2 Å². The van der Waals surface area contributed by atoms with Crippen molar-refractivity contribution in [2.45, 2.75) is 19.8 Å². The molecule has 2 aromatic rings. The van der Waals surface area contributed by atoms with Crippen molar-refractivity contribution in [2.24, 2.45) is 0 Å². The summed E-state index contributed by atoms with van der Waals surface area (Å²) in [5.41, 5.74) is 0.910. The molecule has 112 valence electrons. The Hall–Kier alpha value is -1.56. The van der Waals surface area contributed by atoms with Crippen molar-refractivity contribution < 1.29 is 9.84 Å². The minimum atomic E-state index is -0.370. The quantitative estimate of drug-likeness (QED) is 0.903. The van der Waals surface area contributed by atoms with Crippen molar-refractivity contribution in [3.63, 3.8) is 0 Å². The largest absolute Gasteiger partial charge is 0.434 e. The molecule has 0 aliphatic rings. The Morgan fingerprint density at radius 1 is 1.33 bits per heavy atom. The first-order valence-corrected chi connectivity index (χ1v) is 7.02. The van der Waals surface area contributed by atoms with Crippen LogP contribution in [0.4, 0.5) is 0 Å². The number of hydrogen-bond donors (Lipinski definition) is 2. The van der Waals surface area contributed by atoms with E-state index in [1.807, 2.05) is 6.92 Å².